The Balaban J connectivity index is 3.13. The van der Waals surface area contributed by atoms with Crippen molar-refractivity contribution in [1.29, 1.82) is 0 Å². The van der Waals surface area contributed by atoms with Gasteiger partial charge >= 0.3 is 0 Å². The average Bonchev–Trinajstić information content (AvgIpc) is 2.07. The third kappa shape index (κ3) is 2.70. The zero-order chi connectivity index (χ0) is 10.8. The Hall–Kier alpha value is -0.590. The topological polar surface area (TPSA) is 69.4 Å². The summed E-state index contributed by atoms with van der Waals surface area (Å²) in [6.07, 6.45) is 0. The van der Waals surface area contributed by atoms with Crippen LogP contribution in [0.1, 0.15) is 6.92 Å². The minimum atomic E-state index is -3.64. The Morgan fingerprint density at radius 3 is 2.57 bits per heavy atom. The molecule has 1 rings (SSSR count). The van der Waals surface area contributed by atoms with E-state index in [1.54, 1.807) is 6.07 Å². The quantitative estimate of drug-likeness (QED) is 0.912. The summed E-state index contributed by atoms with van der Waals surface area (Å²) in [5, 5.41) is 4.96. The fourth-order valence-electron chi connectivity index (χ4n) is 0.931. The van der Waals surface area contributed by atoms with Crippen molar-refractivity contribution >= 4 is 26.0 Å². The molecule has 14 heavy (non-hydrogen) atoms. The van der Waals surface area contributed by atoms with Gasteiger partial charge in [-0.2, -0.15) is 0 Å². The van der Waals surface area contributed by atoms with Gasteiger partial charge in [-0.1, -0.05) is 0 Å². The number of primary sulfonamides is 1. The summed E-state index contributed by atoms with van der Waals surface area (Å²) in [5.41, 5.74) is 0. The second-order valence-electron chi connectivity index (χ2n) is 2.57. The normalized spacial score (nSPS) is 11.4. The summed E-state index contributed by atoms with van der Waals surface area (Å²) in [6, 6.07) is 4.39. The van der Waals surface area contributed by atoms with E-state index in [-0.39, 0.29) is 4.90 Å². The van der Waals surface area contributed by atoms with Crippen molar-refractivity contribution < 1.29 is 13.2 Å². The lowest BCUT2D eigenvalue weighted by molar-refractivity contribution is 0.338. The van der Waals surface area contributed by atoms with Crippen molar-refractivity contribution in [1.82, 2.24) is 0 Å². The molecule has 0 unspecified atom stereocenters. The highest BCUT2D eigenvalue weighted by atomic mass is 79.9. The number of ether oxygens (including phenoxy) is 1. The van der Waals surface area contributed by atoms with E-state index in [4.69, 9.17) is 9.88 Å². The molecule has 1 aromatic carbocycles. The van der Waals surface area contributed by atoms with Crippen molar-refractivity contribution in [2.75, 3.05) is 6.61 Å². The van der Waals surface area contributed by atoms with Gasteiger partial charge in [0.1, 0.15) is 5.75 Å². The minimum Gasteiger partial charge on any atom is -0.493 e. The molecule has 0 aromatic heterocycles. The molecular weight excluding hydrogens is 270 g/mol. The third-order valence-electron chi connectivity index (χ3n) is 1.53. The van der Waals surface area contributed by atoms with E-state index in [1.165, 1.54) is 12.1 Å². The van der Waals surface area contributed by atoms with E-state index in [1.807, 2.05) is 6.92 Å². The van der Waals surface area contributed by atoms with E-state index in [2.05, 4.69) is 15.9 Å². The van der Waals surface area contributed by atoms with Crippen molar-refractivity contribution in [2.24, 2.45) is 5.14 Å². The smallest absolute Gasteiger partial charge is 0.238 e. The van der Waals surface area contributed by atoms with E-state index >= 15 is 0 Å². The largest absolute Gasteiger partial charge is 0.493 e. The van der Waals surface area contributed by atoms with Gasteiger partial charge in [0, 0.05) is 0 Å². The maximum atomic E-state index is 11.0. The lowest BCUT2D eigenvalue weighted by Crippen LogP contribution is -2.12. The van der Waals surface area contributed by atoms with Crippen LogP contribution in [0.2, 0.25) is 0 Å². The van der Waals surface area contributed by atoms with Crippen LogP contribution in [0.25, 0.3) is 0 Å². The summed E-state index contributed by atoms with van der Waals surface area (Å²) >= 11 is 3.20. The molecule has 0 heterocycles. The fraction of sp³-hybridized carbons (Fsp3) is 0.250. The molecule has 6 heteroatoms. The second-order valence-corrected chi connectivity index (χ2v) is 4.99. The molecule has 0 aliphatic carbocycles. The lowest BCUT2D eigenvalue weighted by atomic mass is 10.3. The van der Waals surface area contributed by atoms with Crippen LogP contribution in [0, 0.1) is 0 Å². The number of hydrogen-bond acceptors (Lipinski definition) is 3. The zero-order valence-corrected chi connectivity index (χ0v) is 9.93. The Kier molecular flexibility index (Phi) is 3.52. The fourth-order valence-corrected chi connectivity index (χ4v) is 2.12. The summed E-state index contributed by atoms with van der Waals surface area (Å²) in [5.74, 6) is 0.597. The van der Waals surface area contributed by atoms with Crippen LogP contribution in [0.15, 0.2) is 27.6 Å². The molecule has 0 saturated carbocycles. The van der Waals surface area contributed by atoms with E-state index in [0.29, 0.717) is 16.8 Å². The molecular formula is C8H10BrNO3S. The molecule has 0 atom stereocenters. The number of benzene rings is 1. The second kappa shape index (κ2) is 4.29. The van der Waals surface area contributed by atoms with Crippen LogP contribution in [0.4, 0.5) is 0 Å². The third-order valence-corrected chi connectivity index (χ3v) is 3.06. The maximum Gasteiger partial charge on any atom is 0.238 e. The molecule has 0 radical (unpaired) electrons. The van der Waals surface area contributed by atoms with Crippen molar-refractivity contribution in [3.8, 4) is 5.75 Å². The van der Waals surface area contributed by atoms with E-state index in [0.717, 1.165) is 0 Å². The predicted octanol–water partition coefficient (Wildman–Crippen LogP) is 1.50. The number of sulfonamides is 1. The first-order valence-electron chi connectivity index (χ1n) is 3.90. The molecule has 1 aromatic rings. The molecule has 0 amide bonds. The average molecular weight is 280 g/mol. The molecule has 78 valence electrons. The first-order chi connectivity index (χ1) is 6.45. The van der Waals surface area contributed by atoms with Crippen LogP contribution in [-0.2, 0) is 10.0 Å². The molecule has 0 spiro atoms. The highest BCUT2D eigenvalue weighted by Crippen LogP contribution is 2.27. The Morgan fingerprint density at radius 2 is 2.14 bits per heavy atom. The van der Waals surface area contributed by atoms with Gasteiger partial charge in [-0.3, -0.25) is 0 Å². The first kappa shape index (κ1) is 11.5. The van der Waals surface area contributed by atoms with Gasteiger partial charge in [0.2, 0.25) is 10.0 Å². The monoisotopic (exact) mass is 279 g/mol. The summed E-state index contributed by atoms with van der Waals surface area (Å²) in [4.78, 5) is 0.0628. The van der Waals surface area contributed by atoms with Crippen molar-refractivity contribution in [2.45, 2.75) is 11.8 Å². The van der Waals surface area contributed by atoms with Gasteiger partial charge in [-0.25, -0.2) is 13.6 Å². The van der Waals surface area contributed by atoms with Crippen LogP contribution in [0.5, 0.6) is 5.75 Å². The van der Waals surface area contributed by atoms with E-state index < -0.39 is 10.0 Å². The lowest BCUT2D eigenvalue weighted by Gasteiger charge is -2.06. The molecule has 0 saturated heterocycles. The van der Waals surface area contributed by atoms with Crippen molar-refractivity contribution in [3.05, 3.63) is 22.7 Å². The van der Waals surface area contributed by atoms with Crippen LogP contribution < -0.4 is 9.88 Å². The predicted molar refractivity (Wildman–Crippen MR) is 56.7 cm³/mol. The van der Waals surface area contributed by atoms with Crippen LogP contribution in [-0.4, -0.2) is 15.0 Å². The first-order valence-corrected chi connectivity index (χ1v) is 6.24. The van der Waals surface area contributed by atoms with Crippen molar-refractivity contribution in [3.63, 3.8) is 0 Å². The van der Waals surface area contributed by atoms with Gasteiger partial charge in [0.25, 0.3) is 0 Å². The molecule has 0 bridgehead atoms. The zero-order valence-electron chi connectivity index (χ0n) is 7.53. The van der Waals surface area contributed by atoms with Gasteiger partial charge in [0.05, 0.1) is 16.0 Å². The molecule has 0 fully saturated rings. The molecule has 4 nitrogen and oxygen atoms in total. The van der Waals surface area contributed by atoms with E-state index in [9.17, 15) is 8.42 Å². The van der Waals surface area contributed by atoms with Gasteiger partial charge in [0.15, 0.2) is 0 Å². The Bertz CT molecular complexity index is 430. The summed E-state index contributed by atoms with van der Waals surface area (Å²) < 4.78 is 27.7. The van der Waals surface area contributed by atoms with Gasteiger partial charge in [-0.05, 0) is 41.1 Å². The maximum absolute atomic E-state index is 11.0. The molecule has 0 aliphatic heterocycles. The summed E-state index contributed by atoms with van der Waals surface area (Å²) in [6.45, 7) is 2.37. The van der Waals surface area contributed by atoms with Gasteiger partial charge in [-0.15, -0.1) is 0 Å². The number of nitrogens with two attached hydrogens (primary N) is 1. The highest BCUT2D eigenvalue weighted by molar-refractivity contribution is 9.10. The highest BCUT2D eigenvalue weighted by Gasteiger charge is 2.10. The Morgan fingerprint density at radius 1 is 1.50 bits per heavy atom. The minimum absolute atomic E-state index is 0.0628. The number of halogens is 1. The number of hydrogen-bond donors (Lipinski definition) is 1. The van der Waals surface area contributed by atoms with Crippen LogP contribution in [0.3, 0.4) is 0 Å². The number of rotatable bonds is 3. The van der Waals surface area contributed by atoms with Crippen LogP contribution >= 0.6 is 15.9 Å². The van der Waals surface area contributed by atoms with Gasteiger partial charge < -0.3 is 4.74 Å². The molecule has 0 aliphatic rings. The molecule has 2 N–H and O–H groups in total. The summed E-state index contributed by atoms with van der Waals surface area (Å²) in [7, 11) is -3.64. The SMILES string of the molecule is CCOc1ccc(S(N)(=O)=O)cc1Br. The Labute approximate surface area is 91.2 Å². The standard InChI is InChI=1S/C8H10BrNO3S/c1-2-13-8-4-3-6(5-7(8)9)14(10,11)12/h3-5H,2H2,1H3,(H2,10,11,12).